The fourth-order valence-electron chi connectivity index (χ4n) is 4.07. The van der Waals surface area contributed by atoms with Crippen molar-refractivity contribution in [3.05, 3.63) is 64.2 Å². The molecule has 0 spiro atoms. The van der Waals surface area contributed by atoms with Gasteiger partial charge >= 0.3 is 0 Å². The first-order valence-electron chi connectivity index (χ1n) is 9.37. The highest BCUT2D eigenvalue weighted by Gasteiger charge is 2.31. The molecule has 2 aromatic rings. The Morgan fingerprint density at radius 1 is 1.15 bits per heavy atom. The maximum Gasteiger partial charge on any atom is 0.254 e. The second-order valence-corrected chi connectivity index (χ2v) is 7.56. The van der Waals surface area contributed by atoms with Crippen LogP contribution in [0.25, 0.3) is 0 Å². The Balaban J connectivity index is 1.58. The Morgan fingerprint density at radius 2 is 1.89 bits per heavy atom. The van der Waals surface area contributed by atoms with Crippen molar-refractivity contribution in [2.45, 2.75) is 24.8 Å². The van der Waals surface area contributed by atoms with Gasteiger partial charge in [-0.15, -0.1) is 0 Å². The third kappa shape index (κ3) is 3.68. The van der Waals surface area contributed by atoms with Gasteiger partial charge < -0.3 is 9.64 Å². The van der Waals surface area contributed by atoms with Crippen molar-refractivity contribution < 1.29 is 9.53 Å². The number of benzene rings is 2. The summed E-state index contributed by atoms with van der Waals surface area (Å²) >= 11 is 6.01. The number of ether oxygens (including phenoxy) is 1. The lowest BCUT2D eigenvalue weighted by atomic mass is 9.97. The molecular formula is C21H24ClN3O2. The predicted molar refractivity (Wildman–Crippen MR) is 106 cm³/mol. The summed E-state index contributed by atoms with van der Waals surface area (Å²) in [5.74, 6) is 1.18. The van der Waals surface area contributed by atoms with Gasteiger partial charge in [0.25, 0.3) is 5.91 Å². The van der Waals surface area contributed by atoms with Gasteiger partial charge in [0.2, 0.25) is 0 Å². The van der Waals surface area contributed by atoms with Crippen molar-refractivity contribution in [2.75, 3.05) is 26.7 Å². The number of hydrogen-bond donors (Lipinski definition) is 2. The van der Waals surface area contributed by atoms with Gasteiger partial charge in [-0.3, -0.25) is 15.6 Å². The number of hydrazine groups is 1. The molecule has 1 amide bonds. The molecular weight excluding hydrogens is 362 g/mol. The molecule has 4 rings (SSSR count). The maximum absolute atomic E-state index is 13.2. The Labute approximate surface area is 164 Å². The Bertz CT molecular complexity index is 819. The van der Waals surface area contributed by atoms with Gasteiger partial charge in [-0.05, 0) is 48.2 Å². The van der Waals surface area contributed by atoms with Crippen LogP contribution in [0, 0.1) is 0 Å². The third-order valence-electron chi connectivity index (χ3n) is 5.51. The molecule has 2 aliphatic heterocycles. The van der Waals surface area contributed by atoms with Gasteiger partial charge in [-0.1, -0.05) is 29.8 Å². The summed E-state index contributed by atoms with van der Waals surface area (Å²) in [6.07, 6.45) is 1.98. The highest BCUT2D eigenvalue weighted by atomic mass is 35.5. The number of hydrogen-bond acceptors (Lipinski definition) is 4. The lowest BCUT2D eigenvalue weighted by Gasteiger charge is -2.26. The van der Waals surface area contributed by atoms with Crippen LogP contribution >= 0.6 is 11.6 Å². The number of nitrogens with one attached hydrogen (secondary N) is 2. The summed E-state index contributed by atoms with van der Waals surface area (Å²) < 4.78 is 5.59. The molecule has 0 radical (unpaired) electrons. The van der Waals surface area contributed by atoms with Crippen LogP contribution in [0.4, 0.5) is 0 Å². The van der Waals surface area contributed by atoms with E-state index in [1.54, 1.807) is 7.11 Å². The zero-order valence-electron chi connectivity index (χ0n) is 15.4. The Morgan fingerprint density at radius 3 is 2.59 bits per heavy atom. The largest absolute Gasteiger partial charge is 0.496 e. The normalized spacial score (nSPS) is 20.2. The minimum Gasteiger partial charge on any atom is -0.496 e. The smallest absolute Gasteiger partial charge is 0.254 e. The first kappa shape index (κ1) is 18.3. The van der Waals surface area contributed by atoms with E-state index in [-0.39, 0.29) is 11.9 Å². The molecule has 142 valence electrons. The van der Waals surface area contributed by atoms with E-state index >= 15 is 0 Å². The van der Waals surface area contributed by atoms with E-state index in [4.69, 9.17) is 16.3 Å². The van der Waals surface area contributed by atoms with Crippen LogP contribution in [0.3, 0.4) is 0 Å². The fourth-order valence-corrected chi connectivity index (χ4v) is 4.20. The number of likely N-dealkylation sites (tertiary alicyclic amines) is 1. The van der Waals surface area contributed by atoms with Gasteiger partial charge in [0, 0.05) is 36.1 Å². The highest BCUT2D eigenvalue weighted by molar-refractivity contribution is 6.30. The van der Waals surface area contributed by atoms with E-state index in [0.717, 1.165) is 49.4 Å². The van der Waals surface area contributed by atoms with Gasteiger partial charge in [0.05, 0.1) is 13.2 Å². The van der Waals surface area contributed by atoms with Crippen LogP contribution in [0.5, 0.6) is 5.75 Å². The Hall–Kier alpha value is -2.08. The number of amides is 1. The molecule has 2 aliphatic rings. The van der Waals surface area contributed by atoms with Crippen LogP contribution < -0.4 is 15.6 Å². The van der Waals surface area contributed by atoms with Gasteiger partial charge in [-0.25, -0.2) is 0 Å². The van der Waals surface area contributed by atoms with Crippen LogP contribution in [-0.2, 0) is 0 Å². The van der Waals surface area contributed by atoms with E-state index in [1.165, 1.54) is 0 Å². The van der Waals surface area contributed by atoms with Crippen molar-refractivity contribution in [3.8, 4) is 5.75 Å². The molecule has 2 fully saturated rings. The molecule has 2 N–H and O–H groups in total. The van der Waals surface area contributed by atoms with Crippen molar-refractivity contribution in [2.24, 2.45) is 0 Å². The quantitative estimate of drug-likeness (QED) is 0.845. The monoisotopic (exact) mass is 385 g/mol. The lowest BCUT2D eigenvalue weighted by molar-refractivity contribution is 0.0735. The topological polar surface area (TPSA) is 53.6 Å². The molecule has 1 atom stereocenters. The minimum atomic E-state index is 0.0555. The van der Waals surface area contributed by atoms with E-state index in [2.05, 4.69) is 10.9 Å². The Kier molecular flexibility index (Phi) is 5.34. The third-order valence-corrected chi connectivity index (χ3v) is 5.76. The molecule has 1 unspecified atom stereocenters. The SMILES string of the molecule is COc1cc(C(=O)N2CCCC2c2ccc(Cl)cc2)ccc1C1CNNC1. The molecule has 0 aromatic heterocycles. The number of methoxy groups -OCH3 is 1. The van der Waals surface area contributed by atoms with Gasteiger partial charge in [0.15, 0.2) is 0 Å². The fraction of sp³-hybridized carbons (Fsp3) is 0.381. The summed E-state index contributed by atoms with van der Waals surface area (Å²) in [5, 5.41) is 0.714. The molecule has 0 saturated carbocycles. The number of carbonyl (C=O) groups excluding carboxylic acids is 1. The van der Waals surface area contributed by atoms with Crippen molar-refractivity contribution >= 4 is 17.5 Å². The summed E-state index contributed by atoms with van der Waals surface area (Å²) in [6.45, 7) is 2.48. The lowest BCUT2D eigenvalue weighted by Crippen LogP contribution is -2.30. The standard InChI is InChI=1S/C21H24ClN3O2/c1-27-20-11-15(6-9-18(20)16-12-23-24-13-16)21(26)25-10-2-3-19(25)14-4-7-17(22)8-5-14/h4-9,11,16,19,23-24H,2-3,10,12-13H2,1H3. The second-order valence-electron chi connectivity index (χ2n) is 7.12. The van der Waals surface area contributed by atoms with Crippen LogP contribution in [0.1, 0.15) is 46.3 Å². The number of nitrogens with zero attached hydrogens (tertiary/aromatic N) is 1. The molecule has 0 aliphatic carbocycles. The molecule has 6 heteroatoms. The summed E-state index contributed by atoms with van der Waals surface area (Å²) in [7, 11) is 1.66. The van der Waals surface area contributed by atoms with Crippen LogP contribution in [-0.4, -0.2) is 37.6 Å². The van der Waals surface area contributed by atoms with E-state index < -0.39 is 0 Å². The summed E-state index contributed by atoms with van der Waals surface area (Å²) in [4.78, 5) is 15.2. The van der Waals surface area contributed by atoms with Crippen LogP contribution in [0.2, 0.25) is 5.02 Å². The molecule has 5 nitrogen and oxygen atoms in total. The first-order chi connectivity index (χ1) is 13.2. The molecule has 2 heterocycles. The van der Waals surface area contributed by atoms with Crippen molar-refractivity contribution in [1.29, 1.82) is 0 Å². The number of halogens is 1. The first-order valence-corrected chi connectivity index (χ1v) is 9.75. The number of rotatable bonds is 4. The highest BCUT2D eigenvalue weighted by Crippen LogP contribution is 2.35. The van der Waals surface area contributed by atoms with Gasteiger partial charge in [-0.2, -0.15) is 0 Å². The minimum absolute atomic E-state index is 0.0555. The van der Waals surface area contributed by atoms with E-state index in [9.17, 15) is 4.79 Å². The summed E-state index contributed by atoms with van der Waals surface area (Å²) in [5.41, 5.74) is 9.22. The van der Waals surface area contributed by atoms with E-state index in [1.807, 2.05) is 47.4 Å². The summed E-state index contributed by atoms with van der Waals surface area (Å²) in [6, 6.07) is 13.7. The number of carbonyl (C=O) groups is 1. The van der Waals surface area contributed by atoms with Gasteiger partial charge in [0.1, 0.15) is 5.75 Å². The average Bonchev–Trinajstić information content (AvgIpc) is 3.39. The second kappa shape index (κ2) is 7.89. The van der Waals surface area contributed by atoms with E-state index in [0.29, 0.717) is 16.5 Å². The van der Waals surface area contributed by atoms with Crippen LogP contribution in [0.15, 0.2) is 42.5 Å². The molecule has 2 aromatic carbocycles. The zero-order valence-corrected chi connectivity index (χ0v) is 16.1. The molecule has 0 bridgehead atoms. The average molecular weight is 386 g/mol. The predicted octanol–water partition coefficient (Wildman–Crippen LogP) is 3.52. The zero-order chi connectivity index (χ0) is 18.8. The van der Waals surface area contributed by atoms with Crippen molar-refractivity contribution in [3.63, 3.8) is 0 Å². The maximum atomic E-state index is 13.2. The van der Waals surface area contributed by atoms with Crippen molar-refractivity contribution in [1.82, 2.24) is 15.8 Å². The molecule has 27 heavy (non-hydrogen) atoms. The molecule has 2 saturated heterocycles.